The molecule has 0 aliphatic carbocycles. The van der Waals surface area contributed by atoms with Crippen LogP contribution in [0.2, 0.25) is 0 Å². The molecule has 0 unspecified atom stereocenters. The van der Waals surface area contributed by atoms with Crippen molar-refractivity contribution in [3.8, 4) is 22.5 Å². The van der Waals surface area contributed by atoms with Gasteiger partial charge in [0.05, 0.1) is 34.7 Å². The van der Waals surface area contributed by atoms with Crippen molar-refractivity contribution < 1.29 is 28.7 Å². The third-order valence-corrected chi connectivity index (χ3v) is 14.7. The number of ether oxygens (including phenoxy) is 2. The highest BCUT2D eigenvalue weighted by atomic mass is 32.1. The molecule has 66 heavy (non-hydrogen) atoms. The molecule has 0 radical (unpaired) electrons. The number of pyridine rings is 1. The highest BCUT2D eigenvalue weighted by Gasteiger charge is 2.49. The second kappa shape index (κ2) is 18.7. The van der Waals surface area contributed by atoms with Gasteiger partial charge in [0.15, 0.2) is 0 Å². The van der Waals surface area contributed by atoms with Crippen molar-refractivity contribution in [2.24, 2.45) is 16.7 Å². The molecule has 356 valence electrons. The molecule has 3 aromatic heterocycles. The number of benzene rings is 1. The predicted molar refractivity (Wildman–Crippen MR) is 258 cm³/mol. The molecule has 7 heterocycles. The molecule has 15 heteroatoms. The summed E-state index contributed by atoms with van der Waals surface area (Å²) in [5, 5.41) is 8.59. The van der Waals surface area contributed by atoms with Gasteiger partial charge in [-0.3, -0.25) is 29.3 Å². The molecule has 3 fully saturated rings. The van der Waals surface area contributed by atoms with E-state index in [0.29, 0.717) is 52.0 Å². The smallest absolute Gasteiger partial charge is 0.410 e. The van der Waals surface area contributed by atoms with Crippen molar-refractivity contribution in [2.75, 3.05) is 39.3 Å². The van der Waals surface area contributed by atoms with Crippen LogP contribution in [0.25, 0.3) is 33.4 Å². The highest BCUT2D eigenvalue weighted by Crippen LogP contribution is 2.43. The first-order valence-electron chi connectivity index (χ1n) is 24.1. The first kappa shape index (κ1) is 47.6. The van der Waals surface area contributed by atoms with Gasteiger partial charge in [0.1, 0.15) is 17.7 Å². The van der Waals surface area contributed by atoms with Gasteiger partial charge in [-0.05, 0) is 108 Å². The zero-order chi connectivity index (χ0) is 47.3. The fourth-order valence-electron chi connectivity index (χ4n) is 10.7. The number of carbonyl (C=O) groups excluding carboxylic acids is 4. The third-order valence-electron chi connectivity index (χ3n) is 13.8. The molecular weight excluding hydrogens is 853 g/mol. The second-order valence-electron chi connectivity index (χ2n) is 21.6. The lowest BCUT2D eigenvalue weighted by atomic mass is 9.84. The van der Waals surface area contributed by atoms with Gasteiger partial charge in [-0.2, -0.15) is 0 Å². The molecule has 4 aliphatic heterocycles. The molecule has 8 rings (SSSR count). The number of carbonyl (C=O) groups is 4. The van der Waals surface area contributed by atoms with Crippen LogP contribution < -0.4 is 10.7 Å². The van der Waals surface area contributed by atoms with E-state index in [-0.39, 0.29) is 48.2 Å². The summed E-state index contributed by atoms with van der Waals surface area (Å²) in [6.07, 6.45) is 5.20. The van der Waals surface area contributed by atoms with E-state index in [1.807, 2.05) is 52.3 Å². The maximum atomic E-state index is 14.7. The van der Waals surface area contributed by atoms with Gasteiger partial charge in [-0.25, -0.2) is 15.2 Å². The number of aryl methyl sites for hydroxylation is 1. The van der Waals surface area contributed by atoms with E-state index in [9.17, 15) is 19.2 Å². The van der Waals surface area contributed by atoms with E-state index in [2.05, 4.69) is 79.1 Å². The average molecular weight is 923 g/mol. The van der Waals surface area contributed by atoms with Crippen LogP contribution in [0.5, 0.6) is 0 Å². The van der Waals surface area contributed by atoms with Gasteiger partial charge in [-0.1, -0.05) is 47.6 Å². The summed E-state index contributed by atoms with van der Waals surface area (Å²) in [5.41, 5.74) is 9.36. The number of likely N-dealkylation sites (tertiary alicyclic amines) is 2. The van der Waals surface area contributed by atoms with Gasteiger partial charge in [0, 0.05) is 83.6 Å². The summed E-state index contributed by atoms with van der Waals surface area (Å²) in [6.45, 7) is 24.4. The van der Waals surface area contributed by atoms with E-state index < -0.39 is 35.1 Å². The van der Waals surface area contributed by atoms with Crippen LogP contribution in [0.1, 0.15) is 117 Å². The number of hydrazine groups is 1. The van der Waals surface area contributed by atoms with Gasteiger partial charge < -0.3 is 24.3 Å². The number of hydrogen-bond donors (Lipinski definition) is 2. The number of nitrogens with zero attached hydrogens (tertiary/aromatic N) is 6. The Labute approximate surface area is 394 Å². The van der Waals surface area contributed by atoms with Gasteiger partial charge in [0.2, 0.25) is 5.91 Å². The SMILES string of the molecule is CCn1c(-c2cccnc2C(C)C)c2c3cc(ccc31)-c1csc(n1)C[C@H](NC(=O)[C@H](C(C)C)N1CC[C@]3(CCN(C(=O)OC(C)(C)C)C3)C1)C(=O)N1CCC[C@H](N1)C(=O)OCC(C)(C)C2. The van der Waals surface area contributed by atoms with Crippen molar-refractivity contribution in [1.82, 2.24) is 40.1 Å². The molecule has 4 aliphatic rings. The Bertz CT molecular complexity index is 2470. The van der Waals surface area contributed by atoms with Crippen LogP contribution in [-0.4, -0.2) is 116 Å². The predicted octanol–water partition coefficient (Wildman–Crippen LogP) is 7.98. The summed E-state index contributed by atoms with van der Waals surface area (Å²) in [6, 6.07) is 8.53. The molecule has 3 saturated heterocycles. The minimum Gasteiger partial charge on any atom is -0.464 e. The molecule has 6 bridgehead atoms. The van der Waals surface area contributed by atoms with Crippen molar-refractivity contribution in [1.29, 1.82) is 0 Å². The van der Waals surface area contributed by atoms with Crippen molar-refractivity contribution in [3.05, 3.63) is 58.2 Å². The van der Waals surface area contributed by atoms with Crippen LogP contribution in [0.4, 0.5) is 4.79 Å². The number of fused-ring (bicyclic) bond motifs is 6. The fourth-order valence-corrected chi connectivity index (χ4v) is 11.5. The largest absolute Gasteiger partial charge is 0.464 e. The molecule has 2 N–H and O–H groups in total. The Balaban J connectivity index is 1.12. The van der Waals surface area contributed by atoms with Crippen LogP contribution in [0, 0.1) is 16.7 Å². The third kappa shape index (κ3) is 9.89. The Morgan fingerprint density at radius 2 is 1.83 bits per heavy atom. The number of aromatic nitrogens is 3. The van der Waals surface area contributed by atoms with E-state index in [1.54, 1.807) is 4.90 Å². The van der Waals surface area contributed by atoms with Crippen LogP contribution in [-0.2, 0) is 43.2 Å². The number of thiazole rings is 1. The number of rotatable bonds is 7. The molecule has 3 amide bonds. The van der Waals surface area contributed by atoms with Gasteiger partial charge >= 0.3 is 12.1 Å². The molecule has 4 aromatic rings. The van der Waals surface area contributed by atoms with Crippen LogP contribution in [0.3, 0.4) is 0 Å². The normalized spacial score (nSPS) is 23.5. The molecule has 0 saturated carbocycles. The van der Waals surface area contributed by atoms with Crippen molar-refractivity contribution in [3.63, 3.8) is 0 Å². The Morgan fingerprint density at radius 1 is 1.06 bits per heavy atom. The summed E-state index contributed by atoms with van der Waals surface area (Å²) >= 11 is 1.48. The first-order valence-corrected chi connectivity index (χ1v) is 24.9. The summed E-state index contributed by atoms with van der Waals surface area (Å²) in [4.78, 5) is 70.4. The quantitative estimate of drug-likeness (QED) is 0.175. The maximum absolute atomic E-state index is 14.7. The molecule has 1 aromatic carbocycles. The fraction of sp³-hybridized carbons (Fsp3) is 0.608. The lowest BCUT2D eigenvalue weighted by Crippen LogP contribution is -2.62. The number of nitrogens with one attached hydrogen (secondary N) is 2. The second-order valence-corrected chi connectivity index (χ2v) is 22.6. The number of esters is 1. The van der Waals surface area contributed by atoms with Crippen LogP contribution >= 0.6 is 11.3 Å². The van der Waals surface area contributed by atoms with E-state index >= 15 is 0 Å². The molecule has 4 atom stereocenters. The number of amides is 3. The molecular formula is C51H70N8O6S. The monoisotopic (exact) mass is 923 g/mol. The van der Waals surface area contributed by atoms with Crippen molar-refractivity contribution >= 4 is 46.1 Å². The van der Waals surface area contributed by atoms with Crippen LogP contribution in [0.15, 0.2) is 41.9 Å². The van der Waals surface area contributed by atoms with E-state index in [1.165, 1.54) is 21.9 Å². The van der Waals surface area contributed by atoms with Gasteiger partial charge in [-0.15, -0.1) is 11.3 Å². The lowest BCUT2D eigenvalue weighted by molar-refractivity contribution is -0.155. The summed E-state index contributed by atoms with van der Waals surface area (Å²) in [5.74, 6) is -0.798. The summed E-state index contributed by atoms with van der Waals surface area (Å²) in [7, 11) is 0. The Kier molecular flexibility index (Phi) is 13.5. The molecule has 14 nitrogen and oxygen atoms in total. The lowest BCUT2D eigenvalue weighted by Gasteiger charge is -2.36. The first-order chi connectivity index (χ1) is 31.2. The van der Waals surface area contributed by atoms with E-state index in [0.717, 1.165) is 63.5 Å². The highest BCUT2D eigenvalue weighted by molar-refractivity contribution is 7.10. The number of hydrogen-bond acceptors (Lipinski definition) is 11. The topological polar surface area (TPSA) is 151 Å². The van der Waals surface area contributed by atoms with Gasteiger partial charge in [0.25, 0.3) is 5.91 Å². The number of cyclic esters (lactones) is 1. The minimum absolute atomic E-state index is 0.0567. The van der Waals surface area contributed by atoms with E-state index in [4.69, 9.17) is 19.4 Å². The van der Waals surface area contributed by atoms with Crippen molar-refractivity contribution in [2.45, 2.75) is 144 Å². The standard InChI is InChI=1S/C51H70N8O6S/c1-11-58-40-17-16-33-24-35(40)36(44(58)34-14-12-20-52-42(34)31(2)3)26-50(9,10)30-64-47(62)37-15-13-21-59(55-37)46(61)38(25-41-53-39(33)27-66-41)54-45(60)43(32(4)5)56-22-18-51(28-56)19-23-57(29-51)48(63)65-49(6,7)8/h12,14,16-17,20,24,27,31-32,37-38,43,55H,11,13,15,18-19,21-23,25-26,28-30H2,1-10H3,(H,54,60)/t37-,38-,43-,51-/m0/s1. The molecule has 1 spiro atoms. The average Bonchev–Trinajstić information content (AvgIpc) is 4.07. The maximum Gasteiger partial charge on any atom is 0.410 e. The Morgan fingerprint density at radius 3 is 2.56 bits per heavy atom. The minimum atomic E-state index is -0.951. The summed E-state index contributed by atoms with van der Waals surface area (Å²) < 4.78 is 14.2. The zero-order valence-corrected chi connectivity index (χ0v) is 41.5. The Hall–Kier alpha value is -4.86. The zero-order valence-electron chi connectivity index (χ0n) is 40.7.